The van der Waals surface area contributed by atoms with Crippen molar-refractivity contribution in [1.82, 2.24) is 21.3 Å². The number of nitrogens with one attached hydrogen (secondary N) is 4. The fraction of sp³-hybridized carbons (Fsp3) is 0.433. The molecule has 2 aromatic carbocycles. The molecule has 0 spiro atoms. The number of amides is 5. The molecule has 11 nitrogen and oxygen atoms in total. The van der Waals surface area contributed by atoms with Gasteiger partial charge in [0.25, 0.3) is 5.91 Å². The van der Waals surface area contributed by atoms with Gasteiger partial charge in [0.1, 0.15) is 5.75 Å². The highest BCUT2D eigenvalue weighted by atomic mass is 35.5. The summed E-state index contributed by atoms with van der Waals surface area (Å²) >= 11 is 9.80. The molecule has 3 rings (SSSR count). The minimum atomic E-state index is -0.645. The van der Waals surface area contributed by atoms with Crippen molar-refractivity contribution in [2.45, 2.75) is 58.2 Å². The van der Waals surface area contributed by atoms with Crippen LogP contribution in [0.4, 0.5) is 5.69 Å². The summed E-state index contributed by atoms with van der Waals surface area (Å²) in [6, 6.07) is 12.3. The normalized spacial score (nSPS) is 16.1. The Kier molecular flexibility index (Phi) is 12.7. The molecule has 13 heteroatoms. The number of carbonyl (C=O) groups is 5. The van der Waals surface area contributed by atoms with Gasteiger partial charge in [-0.15, -0.1) is 0 Å². The zero-order valence-electron chi connectivity index (χ0n) is 24.4. The number of hydrogen-bond acceptors (Lipinski definition) is 7. The summed E-state index contributed by atoms with van der Waals surface area (Å²) < 4.78 is 6.15. The third kappa shape index (κ3) is 9.36. The number of fused-ring (bicyclic) bond motifs is 1. The predicted molar refractivity (Wildman–Crippen MR) is 168 cm³/mol. The van der Waals surface area contributed by atoms with Gasteiger partial charge in [-0.05, 0) is 61.4 Å². The van der Waals surface area contributed by atoms with Gasteiger partial charge in [0.05, 0.1) is 25.4 Å². The van der Waals surface area contributed by atoms with Gasteiger partial charge in [-0.3, -0.25) is 24.0 Å². The molecule has 2 aromatic rings. The van der Waals surface area contributed by atoms with Crippen LogP contribution in [0.2, 0.25) is 5.02 Å². The fourth-order valence-corrected chi connectivity index (χ4v) is 5.14. The van der Waals surface area contributed by atoms with E-state index in [9.17, 15) is 24.0 Å². The van der Waals surface area contributed by atoms with Crippen molar-refractivity contribution < 1.29 is 28.7 Å². The number of ether oxygens (including phenoxy) is 1. The third-order valence-electron chi connectivity index (χ3n) is 7.03. The van der Waals surface area contributed by atoms with Gasteiger partial charge < -0.3 is 30.9 Å². The van der Waals surface area contributed by atoms with Crippen LogP contribution in [-0.2, 0) is 19.2 Å². The van der Waals surface area contributed by atoms with Gasteiger partial charge in [-0.2, -0.15) is 12.6 Å². The van der Waals surface area contributed by atoms with E-state index in [1.807, 2.05) is 30.9 Å². The Morgan fingerprint density at radius 2 is 1.51 bits per heavy atom. The summed E-state index contributed by atoms with van der Waals surface area (Å²) in [4.78, 5) is 62.7. The van der Waals surface area contributed by atoms with E-state index in [0.717, 1.165) is 24.1 Å². The highest BCUT2D eigenvalue weighted by Crippen LogP contribution is 2.45. The Balaban J connectivity index is 1.59. The van der Waals surface area contributed by atoms with Crippen LogP contribution in [0.3, 0.4) is 0 Å². The molecule has 1 aliphatic heterocycles. The molecule has 0 bridgehead atoms. The van der Waals surface area contributed by atoms with Gasteiger partial charge in [-0.1, -0.05) is 31.9 Å². The fourth-order valence-electron chi connectivity index (χ4n) is 4.90. The van der Waals surface area contributed by atoms with E-state index in [4.69, 9.17) is 16.3 Å². The van der Waals surface area contributed by atoms with Gasteiger partial charge in [-0.25, -0.2) is 0 Å². The van der Waals surface area contributed by atoms with Gasteiger partial charge in [0.2, 0.25) is 23.6 Å². The maximum Gasteiger partial charge on any atom is 0.258 e. The van der Waals surface area contributed by atoms with E-state index in [1.165, 1.54) is 0 Å². The van der Waals surface area contributed by atoms with Crippen LogP contribution in [0.15, 0.2) is 42.5 Å². The maximum absolute atomic E-state index is 13.4. The molecule has 1 heterocycles. The molecule has 0 fully saturated rings. The van der Waals surface area contributed by atoms with E-state index < -0.39 is 29.9 Å². The Hall–Kier alpha value is -3.77. The van der Waals surface area contributed by atoms with Crippen LogP contribution in [0.25, 0.3) is 0 Å². The number of thiol groups is 1. The van der Waals surface area contributed by atoms with Crippen molar-refractivity contribution in [2.24, 2.45) is 0 Å². The van der Waals surface area contributed by atoms with Crippen molar-refractivity contribution >= 4 is 59.5 Å². The van der Waals surface area contributed by atoms with E-state index in [0.29, 0.717) is 22.8 Å². The van der Waals surface area contributed by atoms with Crippen LogP contribution < -0.4 is 30.9 Å². The van der Waals surface area contributed by atoms with Crippen LogP contribution in [-0.4, -0.2) is 67.2 Å². The second-order valence-electron chi connectivity index (χ2n) is 10.1. The number of benzene rings is 2. The Morgan fingerprint density at radius 3 is 2.09 bits per heavy atom. The van der Waals surface area contributed by atoms with Gasteiger partial charge >= 0.3 is 0 Å². The lowest BCUT2D eigenvalue weighted by atomic mass is 9.93. The first-order valence-electron chi connectivity index (χ1n) is 14.2. The van der Waals surface area contributed by atoms with Gasteiger partial charge in [0, 0.05) is 34.7 Å². The Bertz CT molecular complexity index is 1320. The lowest BCUT2D eigenvalue weighted by Gasteiger charge is -2.25. The van der Waals surface area contributed by atoms with E-state index >= 15 is 0 Å². The summed E-state index contributed by atoms with van der Waals surface area (Å²) in [6.07, 6.45) is 1.44. The number of carbonyl (C=O) groups excluding carboxylic acids is 5. The molecule has 3 unspecified atom stereocenters. The zero-order valence-corrected chi connectivity index (χ0v) is 26.1. The summed E-state index contributed by atoms with van der Waals surface area (Å²) in [6.45, 7) is 5.14. The Morgan fingerprint density at radius 1 is 0.907 bits per heavy atom. The maximum atomic E-state index is 13.4. The highest BCUT2D eigenvalue weighted by molar-refractivity contribution is 7.81. The largest absolute Gasteiger partial charge is 0.471 e. The molecule has 4 N–H and O–H groups in total. The smallest absolute Gasteiger partial charge is 0.258 e. The van der Waals surface area contributed by atoms with Crippen molar-refractivity contribution in [3.63, 3.8) is 0 Å². The lowest BCUT2D eigenvalue weighted by Crippen LogP contribution is -2.47. The summed E-state index contributed by atoms with van der Waals surface area (Å²) in [7, 11) is 0. The van der Waals surface area contributed by atoms with E-state index in [1.54, 1.807) is 30.3 Å². The molecule has 1 aliphatic rings. The van der Waals surface area contributed by atoms with Crippen LogP contribution in [0, 0.1) is 0 Å². The standard InChI is InChI=1S/C30H38ClN5O6S/c1-4-6-29(35-27(39)16-33-25(37)14-32-26(38)15-34-28(40)17-43)42-21-11-12-24-23(13-21)22(5-2)18(3)36(24)30(41)19-7-9-20(31)10-8-19/h7-13,18,22,29,43H,4-6,14-17H2,1-3H3,(H,32,38)(H,33,37)(H,34,40)(H,35,39). The van der Waals surface area contributed by atoms with Crippen molar-refractivity contribution in [2.75, 3.05) is 30.3 Å². The Labute approximate surface area is 261 Å². The summed E-state index contributed by atoms with van der Waals surface area (Å²) in [5, 5.41) is 10.5. The number of anilines is 1. The average molecular weight is 632 g/mol. The zero-order chi connectivity index (χ0) is 31.5. The first-order valence-corrected chi connectivity index (χ1v) is 15.2. The van der Waals surface area contributed by atoms with Crippen molar-refractivity contribution in [1.29, 1.82) is 0 Å². The van der Waals surface area contributed by atoms with E-state index in [-0.39, 0.29) is 43.3 Å². The SMILES string of the molecule is CCCC(NC(=O)CNC(=O)CNC(=O)CNC(=O)CS)Oc1ccc2c(c1)C(CC)C(C)N2C(=O)c1ccc(Cl)cc1. The first-order chi connectivity index (χ1) is 20.6. The second-order valence-corrected chi connectivity index (χ2v) is 10.9. The number of rotatable bonds is 14. The second kappa shape index (κ2) is 16.2. The monoisotopic (exact) mass is 631 g/mol. The van der Waals surface area contributed by atoms with Crippen molar-refractivity contribution in [3.05, 3.63) is 58.6 Å². The summed E-state index contributed by atoms with van der Waals surface area (Å²) in [5.74, 6) is -1.47. The number of halogens is 1. The molecular formula is C30H38ClN5O6S. The number of hydrogen-bond donors (Lipinski definition) is 5. The van der Waals surface area contributed by atoms with Crippen LogP contribution >= 0.6 is 24.2 Å². The first kappa shape index (κ1) is 33.7. The van der Waals surface area contributed by atoms with Crippen LogP contribution in [0.1, 0.15) is 61.9 Å². The average Bonchev–Trinajstić information content (AvgIpc) is 3.27. The van der Waals surface area contributed by atoms with Gasteiger partial charge in [0.15, 0.2) is 6.23 Å². The summed E-state index contributed by atoms with van der Waals surface area (Å²) in [5.41, 5.74) is 2.37. The topological polar surface area (TPSA) is 146 Å². The third-order valence-corrected chi connectivity index (χ3v) is 7.57. The minimum Gasteiger partial charge on any atom is -0.471 e. The molecule has 5 amide bonds. The molecule has 43 heavy (non-hydrogen) atoms. The highest BCUT2D eigenvalue weighted by Gasteiger charge is 2.38. The van der Waals surface area contributed by atoms with Crippen LogP contribution in [0.5, 0.6) is 5.75 Å². The molecule has 3 atom stereocenters. The molecule has 232 valence electrons. The molecule has 0 radical (unpaired) electrons. The van der Waals surface area contributed by atoms with E-state index in [2.05, 4.69) is 40.8 Å². The quantitative estimate of drug-likeness (QED) is 0.160. The molecular weight excluding hydrogens is 594 g/mol. The number of nitrogens with zero attached hydrogens (tertiary/aromatic N) is 1. The predicted octanol–water partition coefficient (Wildman–Crippen LogP) is 2.78. The minimum absolute atomic E-state index is 0.0543. The van der Waals surface area contributed by atoms with Crippen molar-refractivity contribution in [3.8, 4) is 5.75 Å². The lowest BCUT2D eigenvalue weighted by molar-refractivity contribution is -0.128. The molecule has 0 saturated carbocycles. The molecule has 0 aromatic heterocycles. The molecule has 0 aliphatic carbocycles. The molecule has 0 saturated heterocycles.